The van der Waals surface area contributed by atoms with E-state index in [1.165, 1.54) is 0 Å². The van der Waals surface area contributed by atoms with E-state index in [-0.39, 0.29) is 17.9 Å². The lowest BCUT2D eigenvalue weighted by Gasteiger charge is -2.25. The summed E-state index contributed by atoms with van der Waals surface area (Å²) in [6, 6.07) is 0.789. The van der Waals surface area contributed by atoms with E-state index >= 15 is 0 Å². The van der Waals surface area contributed by atoms with Crippen molar-refractivity contribution >= 4 is 5.91 Å². The van der Waals surface area contributed by atoms with E-state index in [2.05, 4.69) is 24.1 Å². The first-order chi connectivity index (χ1) is 7.41. The Labute approximate surface area is 98.6 Å². The Balaban J connectivity index is 2.46. The highest BCUT2D eigenvalue weighted by atomic mass is 16.1. The van der Waals surface area contributed by atoms with E-state index < -0.39 is 0 Å². The summed E-state index contributed by atoms with van der Waals surface area (Å²) in [6.07, 6.45) is 1.11. The number of nitrogens with zero attached hydrogens (tertiary/aromatic N) is 1. The van der Waals surface area contributed by atoms with Crippen LogP contribution in [0.25, 0.3) is 0 Å². The van der Waals surface area contributed by atoms with Crippen LogP contribution in [0.4, 0.5) is 0 Å². The zero-order valence-electron chi connectivity index (χ0n) is 10.9. The number of amides is 1. The molecular formula is C12H25N3O. The number of nitrogens with one attached hydrogen (secondary N) is 1. The van der Waals surface area contributed by atoms with E-state index in [1.807, 2.05) is 13.8 Å². The number of likely N-dealkylation sites (tertiary alicyclic amines) is 1. The average Bonchev–Trinajstić information content (AvgIpc) is 2.61. The molecule has 1 saturated heterocycles. The minimum absolute atomic E-state index is 0.197. The van der Waals surface area contributed by atoms with Crippen molar-refractivity contribution in [3.63, 3.8) is 0 Å². The van der Waals surface area contributed by atoms with E-state index in [0.29, 0.717) is 12.1 Å². The number of primary amides is 1. The van der Waals surface area contributed by atoms with E-state index in [9.17, 15) is 4.79 Å². The lowest BCUT2D eigenvalue weighted by atomic mass is 10.0. The van der Waals surface area contributed by atoms with Crippen LogP contribution >= 0.6 is 0 Å². The zero-order chi connectivity index (χ0) is 12.3. The van der Waals surface area contributed by atoms with Gasteiger partial charge in [-0.05, 0) is 32.7 Å². The monoisotopic (exact) mass is 227 g/mol. The molecule has 0 radical (unpaired) electrons. The maximum atomic E-state index is 11.3. The van der Waals surface area contributed by atoms with Gasteiger partial charge in [0, 0.05) is 18.6 Å². The average molecular weight is 227 g/mol. The third-order valence-corrected chi connectivity index (χ3v) is 3.34. The van der Waals surface area contributed by atoms with E-state index in [1.54, 1.807) is 0 Å². The molecule has 1 rings (SSSR count). The molecule has 1 aliphatic heterocycles. The Bertz CT molecular complexity index is 240. The van der Waals surface area contributed by atoms with Crippen LogP contribution in [-0.4, -0.2) is 42.0 Å². The molecule has 0 spiro atoms. The lowest BCUT2D eigenvalue weighted by molar-refractivity contribution is -0.121. The van der Waals surface area contributed by atoms with Gasteiger partial charge in [-0.1, -0.05) is 13.8 Å². The van der Waals surface area contributed by atoms with Crippen LogP contribution in [-0.2, 0) is 4.79 Å². The molecular weight excluding hydrogens is 202 g/mol. The van der Waals surface area contributed by atoms with Gasteiger partial charge in [0.05, 0.1) is 6.04 Å². The van der Waals surface area contributed by atoms with Crippen LogP contribution in [0.1, 0.15) is 34.1 Å². The molecule has 2 unspecified atom stereocenters. The minimum Gasteiger partial charge on any atom is -0.368 e. The molecule has 2 atom stereocenters. The molecule has 0 aromatic heterocycles. The second-order valence-electron chi connectivity index (χ2n) is 5.37. The molecule has 1 heterocycles. The van der Waals surface area contributed by atoms with Gasteiger partial charge in [0.1, 0.15) is 0 Å². The summed E-state index contributed by atoms with van der Waals surface area (Å²) in [5.74, 6) is 0.0172. The van der Waals surface area contributed by atoms with Gasteiger partial charge in [0.15, 0.2) is 0 Å². The fraction of sp³-hybridized carbons (Fsp3) is 0.917. The summed E-state index contributed by atoms with van der Waals surface area (Å²) in [7, 11) is 0. The third-order valence-electron chi connectivity index (χ3n) is 3.34. The van der Waals surface area contributed by atoms with Crippen molar-refractivity contribution in [2.45, 2.75) is 52.2 Å². The molecule has 94 valence electrons. The lowest BCUT2D eigenvalue weighted by Crippen LogP contribution is -2.50. The number of carbonyl (C=O) groups is 1. The SMILES string of the molecule is CC(C)C(NC1CCN(C(C)C)C1)C(N)=O. The predicted molar refractivity (Wildman–Crippen MR) is 66.1 cm³/mol. The van der Waals surface area contributed by atoms with Gasteiger partial charge in [-0.3, -0.25) is 9.69 Å². The van der Waals surface area contributed by atoms with Crippen LogP contribution in [0.2, 0.25) is 0 Å². The first-order valence-electron chi connectivity index (χ1n) is 6.21. The molecule has 3 N–H and O–H groups in total. The number of nitrogens with two attached hydrogens (primary N) is 1. The smallest absolute Gasteiger partial charge is 0.234 e. The second kappa shape index (κ2) is 5.64. The molecule has 0 bridgehead atoms. The van der Waals surface area contributed by atoms with Crippen molar-refractivity contribution in [1.82, 2.24) is 10.2 Å². The Morgan fingerprint density at radius 1 is 1.38 bits per heavy atom. The zero-order valence-corrected chi connectivity index (χ0v) is 10.9. The number of carbonyl (C=O) groups excluding carboxylic acids is 1. The minimum atomic E-state index is -0.238. The normalized spacial score (nSPS) is 24.2. The summed E-state index contributed by atoms with van der Waals surface area (Å²) in [6.45, 7) is 10.6. The van der Waals surface area contributed by atoms with Crippen molar-refractivity contribution in [1.29, 1.82) is 0 Å². The predicted octanol–water partition coefficient (Wildman–Crippen LogP) is 0.569. The molecule has 1 fully saturated rings. The van der Waals surface area contributed by atoms with Gasteiger partial charge >= 0.3 is 0 Å². The number of hydrogen-bond acceptors (Lipinski definition) is 3. The first kappa shape index (κ1) is 13.5. The summed E-state index contributed by atoms with van der Waals surface area (Å²) in [5.41, 5.74) is 5.40. The fourth-order valence-electron chi connectivity index (χ4n) is 2.25. The van der Waals surface area contributed by atoms with Gasteiger partial charge in [0.2, 0.25) is 5.91 Å². The first-order valence-corrected chi connectivity index (χ1v) is 6.21. The van der Waals surface area contributed by atoms with Gasteiger partial charge in [-0.2, -0.15) is 0 Å². The van der Waals surface area contributed by atoms with Crippen molar-refractivity contribution in [3.05, 3.63) is 0 Å². The Hall–Kier alpha value is -0.610. The van der Waals surface area contributed by atoms with Gasteiger partial charge in [0.25, 0.3) is 0 Å². The van der Waals surface area contributed by atoms with Gasteiger partial charge in [-0.15, -0.1) is 0 Å². The summed E-state index contributed by atoms with van der Waals surface area (Å²) in [5, 5.41) is 3.38. The van der Waals surface area contributed by atoms with Crippen molar-refractivity contribution in [3.8, 4) is 0 Å². The molecule has 4 nitrogen and oxygen atoms in total. The Kier molecular flexibility index (Phi) is 4.74. The largest absolute Gasteiger partial charge is 0.368 e. The van der Waals surface area contributed by atoms with Crippen LogP contribution < -0.4 is 11.1 Å². The highest BCUT2D eigenvalue weighted by Crippen LogP contribution is 2.14. The van der Waals surface area contributed by atoms with Crippen LogP contribution in [0.15, 0.2) is 0 Å². The molecule has 16 heavy (non-hydrogen) atoms. The van der Waals surface area contributed by atoms with Crippen molar-refractivity contribution < 1.29 is 4.79 Å². The van der Waals surface area contributed by atoms with Crippen LogP contribution in [0.5, 0.6) is 0 Å². The highest BCUT2D eigenvalue weighted by Gasteiger charge is 2.28. The standard InChI is InChI=1S/C12H25N3O/c1-8(2)11(12(13)16)14-10-5-6-15(7-10)9(3)4/h8-11,14H,5-7H2,1-4H3,(H2,13,16). The van der Waals surface area contributed by atoms with Crippen LogP contribution in [0, 0.1) is 5.92 Å². The van der Waals surface area contributed by atoms with Gasteiger partial charge in [-0.25, -0.2) is 0 Å². The van der Waals surface area contributed by atoms with Crippen molar-refractivity contribution in [2.24, 2.45) is 11.7 Å². The molecule has 0 aromatic rings. The molecule has 1 amide bonds. The van der Waals surface area contributed by atoms with Gasteiger partial charge < -0.3 is 11.1 Å². The molecule has 0 aromatic carbocycles. The number of rotatable bonds is 5. The van der Waals surface area contributed by atoms with E-state index in [4.69, 9.17) is 5.73 Å². The van der Waals surface area contributed by atoms with Crippen LogP contribution in [0.3, 0.4) is 0 Å². The van der Waals surface area contributed by atoms with Crippen molar-refractivity contribution in [2.75, 3.05) is 13.1 Å². The summed E-state index contributed by atoms with van der Waals surface area (Å²) < 4.78 is 0. The third kappa shape index (κ3) is 3.46. The quantitative estimate of drug-likeness (QED) is 0.722. The topological polar surface area (TPSA) is 58.4 Å². The second-order valence-corrected chi connectivity index (χ2v) is 5.37. The fourth-order valence-corrected chi connectivity index (χ4v) is 2.25. The van der Waals surface area contributed by atoms with E-state index in [0.717, 1.165) is 19.5 Å². The Morgan fingerprint density at radius 2 is 2.00 bits per heavy atom. The number of hydrogen-bond donors (Lipinski definition) is 2. The Morgan fingerprint density at radius 3 is 2.38 bits per heavy atom. The molecule has 1 aliphatic rings. The molecule has 4 heteroatoms. The summed E-state index contributed by atoms with van der Waals surface area (Å²) in [4.78, 5) is 13.7. The molecule has 0 saturated carbocycles. The molecule has 0 aliphatic carbocycles. The summed E-state index contributed by atoms with van der Waals surface area (Å²) >= 11 is 0. The highest BCUT2D eigenvalue weighted by molar-refractivity contribution is 5.80. The maximum absolute atomic E-state index is 11.3. The maximum Gasteiger partial charge on any atom is 0.234 e.